The van der Waals surface area contributed by atoms with E-state index < -0.39 is 0 Å². The van der Waals surface area contributed by atoms with Crippen molar-refractivity contribution in [3.8, 4) is 0 Å². The Morgan fingerprint density at radius 2 is 1.73 bits per heavy atom. The molecule has 2 atom stereocenters. The number of halogens is 1. The van der Waals surface area contributed by atoms with E-state index in [1.807, 2.05) is 23.9 Å². The molecular formula is C24H38ClN3OS. The van der Waals surface area contributed by atoms with Crippen molar-refractivity contribution in [2.24, 2.45) is 4.99 Å². The van der Waals surface area contributed by atoms with E-state index in [0.717, 1.165) is 10.9 Å². The number of carbonyl (C=O) groups is 1. The van der Waals surface area contributed by atoms with E-state index in [-0.39, 0.29) is 29.8 Å². The summed E-state index contributed by atoms with van der Waals surface area (Å²) in [5, 5.41) is 4.57. The van der Waals surface area contributed by atoms with E-state index in [2.05, 4.69) is 57.1 Å². The molecule has 2 unspecified atom stereocenters. The molecule has 0 aromatic heterocycles. The standard InChI is InChI=1S/C24H37N3OS.ClH/c1-17-21(27(5)23(29-17)26-19-10-8-6-7-9-11-19)16-22(28)25-20-14-12-18(13-15-20)24(2,3)4;/h12-15,17,19,21H,6-11,16H2,1-5H3,(H,25,28);1H. The summed E-state index contributed by atoms with van der Waals surface area (Å²) in [5.41, 5.74) is 2.26. The minimum absolute atomic E-state index is 0. The second-order valence-electron chi connectivity index (χ2n) is 9.64. The maximum absolute atomic E-state index is 12.7. The molecule has 1 amide bonds. The van der Waals surface area contributed by atoms with Gasteiger partial charge in [0, 0.05) is 24.4 Å². The first kappa shape index (κ1) is 25.1. The molecule has 0 spiro atoms. The lowest BCUT2D eigenvalue weighted by Crippen LogP contribution is -2.36. The zero-order valence-electron chi connectivity index (χ0n) is 19.1. The van der Waals surface area contributed by atoms with Gasteiger partial charge < -0.3 is 10.2 Å². The van der Waals surface area contributed by atoms with E-state index in [1.54, 1.807) is 0 Å². The number of aliphatic imine (C=N–C) groups is 1. The third-order valence-electron chi connectivity index (χ3n) is 6.18. The molecule has 1 N–H and O–H groups in total. The van der Waals surface area contributed by atoms with Gasteiger partial charge in [0.25, 0.3) is 0 Å². The summed E-state index contributed by atoms with van der Waals surface area (Å²) in [6.45, 7) is 8.81. The zero-order chi connectivity index (χ0) is 21.0. The Morgan fingerprint density at radius 3 is 2.30 bits per heavy atom. The van der Waals surface area contributed by atoms with Crippen LogP contribution in [0.4, 0.5) is 5.69 Å². The fourth-order valence-electron chi connectivity index (χ4n) is 4.21. The molecule has 1 aliphatic heterocycles. The molecule has 1 aromatic carbocycles. The van der Waals surface area contributed by atoms with Gasteiger partial charge >= 0.3 is 0 Å². The van der Waals surface area contributed by atoms with E-state index in [1.165, 1.54) is 44.1 Å². The van der Waals surface area contributed by atoms with Gasteiger partial charge in [0.15, 0.2) is 5.17 Å². The minimum atomic E-state index is 0. The number of rotatable bonds is 4. The molecule has 2 aliphatic rings. The number of hydrogen-bond acceptors (Lipinski definition) is 3. The quantitative estimate of drug-likeness (QED) is 0.550. The maximum atomic E-state index is 12.7. The molecule has 1 aromatic rings. The fourth-order valence-corrected chi connectivity index (χ4v) is 5.49. The molecule has 1 saturated carbocycles. The monoisotopic (exact) mass is 451 g/mol. The first-order valence-electron chi connectivity index (χ1n) is 11.1. The largest absolute Gasteiger partial charge is 0.350 e. The number of benzene rings is 1. The lowest BCUT2D eigenvalue weighted by molar-refractivity contribution is -0.117. The van der Waals surface area contributed by atoms with E-state index >= 15 is 0 Å². The Labute approximate surface area is 193 Å². The highest BCUT2D eigenvalue weighted by molar-refractivity contribution is 8.14. The molecular weight excluding hydrogens is 414 g/mol. The fraction of sp³-hybridized carbons (Fsp3) is 0.667. The van der Waals surface area contributed by atoms with Crippen LogP contribution in [0.3, 0.4) is 0 Å². The van der Waals surface area contributed by atoms with Crippen LogP contribution in [0, 0.1) is 0 Å². The van der Waals surface area contributed by atoms with Crippen LogP contribution in [-0.4, -0.2) is 40.4 Å². The van der Waals surface area contributed by atoms with Crippen LogP contribution < -0.4 is 5.32 Å². The Kier molecular flexibility index (Phi) is 9.11. The summed E-state index contributed by atoms with van der Waals surface area (Å²) in [7, 11) is 2.10. The van der Waals surface area contributed by atoms with Gasteiger partial charge in [-0.25, -0.2) is 0 Å². The lowest BCUT2D eigenvalue weighted by Gasteiger charge is -2.23. The third-order valence-corrected chi connectivity index (χ3v) is 7.47. The van der Waals surface area contributed by atoms with Gasteiger partial charge in [0.05, 0.1) is 12.1 Å². The second-order valence-corrected chi connectivity index (χ2v) is 11.0. The van der Waals surface area contributed by atoms with Crippen molar-refractivity contribution in [2.75, 3.05) is 12.4 Å². The number of anilines is 1. The summed E-state index contributed by atoms with van der Waals surface area (Å²) < 4.78 is 0. The molecule has 1 heterocycles. The van der Waals surface area contributed by atoms with Gasteiger partial charge in [-0.2, -0.15) is 0 Å². The molecule has 1 saturated heterocycles. The summed E-state index contributed by atoms with van der Waals surface area (Å²) in [6, 6.07) is 8.88. The van der Waals surface area contributed by atoms with Crippen molar-refractivity contribution in [1.82, 2.24) is 4.90 Å². The molecule has 0 radical (unpaired) electrons. The van der Waals surface area contributed by atoms with Crippen LogP contribution in [0.25, 0.3) is 0 Å². The number of nitrogens with zero attached hydrogens (tertiary/aromatic N) is 2. The summed E-state index contributed by atoms with van der Waals surface area (Å²) in [4.78, 5) is 20.0. The van der Waals surface area contributed by atoms with E-state index in [4.69, 9.17) is 4.99 Å². The van der Waals surface area contributed by atoms with Crippen molar-refractivity contribution >= 4 is 40.9 Å². The maximum Gasteiger partial charge on any atom is 0.226 e. The van der Waals surface area contributed by atoms with Gasteiger partial charge in [-0.1, -0.05) is 77.3 Å². The average molecular weight is 452 g/mol. The van der Waals surface area contributed by atoms with Crippen molar-refractivity contribution < 1.29 is 4.79 Å². The van der Waals surface area contributed by atoms with E-state index in [9.17, 15) is 4.79 Å². The van der Waals surface area contributed by atoms with Crippen LogP contribution in [-0.2, 0) is 10.2 Å². The summed E-state index contributed by atoms with van der Waals surface area (Å²) in [6.07, 6.45) is 8.20. The first-order valence-corrected chi connectivity index (χ1v) is 12.0. The van der Waals surface area contributed by atoms with Crippen LogP contribution in [0.1, 0.15) is 78.2 Å². The number of amides is 1. The highest BCUT2D eigenvalue weighted by Crippen LogP contribution is 2.34. The average Bonchev–Trinajstić information content (AvgIpc) is 2.84. The topological polar surface area (TPSA) is 44.7 Å². The molecule has 0 bridgehead atoms. The minimum Gasteiger partial charge on any atom is -0.350 e. The zero-order valence-corrected chi connectivity index (χ0v) is 20.7. The number of hydrogen-bond donors (Lipinski definition) is 1. The molecule has 4 nitrogen and oxygen atoms in total. The number of thioether (sulfide) groups is 1. The van der Waals surface area contributed by atoms with Gasteiger partial charge in [0.1, 0.15) is 0 Å². The molecule has 168 valence electrons. The van der Waals surface area contributed by atoms with Crippen LogP contribution in [0.15, 0.2) is 29.3 Å². The van der Waals surface area contributed by atoms with Crippen molar-refractivity contribution in [3.63, 3.8) is 0 Å². The van der Waals surface area contributed by atoms with Crippen molar-refractivity contribution in [1.29, 1.82) is 0 Å². The highest BCUT2D eigenvalue weighted by Gasteiger charge is 2.36. The molecule has 2 fully saturated rings. The van der Waals surface area contributed by atoms with Crippen LogP contribution >= 0.6 is 24.2 Å². The summed E-state index contributed by atoms with van der Waals surface area (Å²) in [5.74, 6) is 0.0773. The predicted molar refractivity (Wildman–Crippen MR) is 133 cm³/mol. The molecule has 6 heteroatoms. The Balaban J connectivity index is 0.00000320. The van der Waals surface area contributed by atoms with E-state index in [0.29, 0.717) is 17.7 Å². The highest BCUT2D eigenvalue weighted by atomic mass is 35.5. The van der Waals surface area contributed by atoms with Crippen molar-refractivity contribution in [3.05, 3.63) is 29.8 Å². The van der Waals surface area contributed by atoms with Gasteiger partial charge in [0.2, 0.25) is 5.91 Å². The van der Waals surface area contributed by atoms with Crippen molar-refractivity contribution in [2.45, 2.75) is 95.4 Å². The normalized spacial score (nSPS) is 24.4. The molecule has 30 heavy (non-hydrogen) atoms. The van der Waals surface area contributed by atoms with Gasteiger partial charge in [-0.3, -0.25) is 9.79 Å². The molecule has 1 aliphatic carbocycles. The Morgan fingerprint density at radius 1 is 1.13 bits per heavy atom. The summed E-state index contributed by atoms with van der Waals surface area (Å²) >= 11 is 1.83. The molecule has 3 rings (SSSR count). The smallest absolute Gasteiger partial charge is 0.226 e. The number of amidine groups is 1. The number of carbonyl (C=O) groups excluding carboxylic acids is 1. The predicted octanol–water partition coefficient (Wildman–Crippen LogP) is 6.25. The number of nitrogens with one attached hydrogen (secondary N) is 1. The first-order chi connectivity index (χ1) is 13.7. The lowest BCUT2D eigenvalue weighted by atomic mass is 9.87. The van der Waals surface area contributed by atoms with Gasteiger partial charge in [-0.15, -0.1) is 12.4 Å². The Hall–Kier alpha value is -1.20. The second kappa shape index (κ2) is 10.9. The van der Waals surface area contributed by atoms with Crippen LogP contribution in [0.5, 0.6) is 0 Å². The van der Waals surface area contributed by atoms with Crippen LogP contribution in [0.2, 0.25) is 0 Å². The third kappa shape index (κ3) is 6.65. The SMILES string of the molecule is CC1SC(=NC2CCCCCC2)N(C)C1CC(=O)Nc1ccc(C(C)(C)C)cc1.Cl. The Bertz CT molecular complexity index is 721. The van der Waals surface area contributed by atoms with Gasteiger partial charge in [-0.05, 0) is 36.0 Å².